The van der Waals surface area contributed by atoms with Gasteiger partial charge in [0.25, 0.3) is 5.91 Å². The largest absolute Gasteiger partial charge is 0.319 e. The lowest BCUT2D eigenvalue weighted by molar-refractivity contribution is -0.112. The van der Waals surface area contributed by atoms with E-state index in [0.29, 0.717) is 5.56 Å². The van der Waals surface area contributed by atoms with Crippen molar-refractivity contribution < 1.29 is 13.6 Å². The molecule has 2 aromatic rings. The molecule has 0 saturated heterocycles. The SMILES string of the molecule is N#C/C(=C\c1cccc(F)c1)C(=O)Nc1ccccc1F. The number of carbonyl (C=O) groups is 1. The van der Waals surface area contributed by atoms with E-state index in [-0.39, 0.29) is 11.3 Å². The van der Waals surface area contributed by atoms with Gasteiger partial charge in [-0.25, -0.2) is 8.78 Å². The average Bonchev–Trinajstić information content (AvgIpc) is 2.47. The molecular weight excluding hydrogens is 274 g/mol. The molecule has 0 heterocycles. The van der Waals surface area contributed by atoms with Crippen LogP contribution in [-0.2, 0) is 4.79 Å². The standard InChI is InChI=1S/C16H10F2N2O/c17-13-5-3-4-11(9-13)8-12(10-19)16(21)20-15-7-2-1-6-14(15)18/h1-9H,(H,20,21)/b12-8+. The first-order valence-corrected chi connectivity index (χ1v) is 6.03. The molecule has 0 aromatic heterocycles. The Balaban J connectivity index is 2.24. The van der Waals surface area contributed by atoms with E-state index in [1.54, 1.807) is 18.2 Å². The zero-order valence-electron chi connectivity index (χ0n) is 10.8. The number of nitrogens with one attached hydrogen (secondary N) is 1. The minimum atomic E-state index is -0.758. The number of amides is 1. The van der Waals surface area contributed by atoms with Crippen molar-refractivity contribution in [2.24, 2.45) is 0 Å². The Hall–Kier alpha value is -3.00. The van der Waals surface area contributed by atoms with E-state index < -0.39 is 17.5 Å². The van der Waals surface area contributed by atoms with Gasteiger partial charge in [0.1, 0.15) is 23.3 Å². The van der Waals surface area contributed by atoms with Crippen molar-refractivity contribution in [3.8, 4) is 6.07 Å². The average molecular weight is 284 g/mol. The molecule has 1 N–H and O–H groups in total. The number of benzene rings is 2. The van der Waals surface area contributed by atoms with Gasteiger partial charge in [-0.2, -0.15) is 5.26 Å². The molecule has 0 bridgehead atoms. The van der Waals surface area contributed by atoms with Crippen molar-refractivity contribution in [1.29, 1.82) is 5.26 Å². The van der Waals surface area contributed by atoms with Gasteiger partial charge in [-0.1, -0.05) is 24.3 Å². The highest BCUT2D eigenvalue weighted by molar-refractivity contribution is 6.09. The highest BCUT2D eigenvalue weighted by atomic mass is 19.1. The molecule has 0 aliphatic carbocycles. The van der Waals surface area contributed by atoms with Crippen LogP contribution in [0.5, 0.6) is 0 Å². The number of rotatable bonds is 3. The molecule has 0 aliphatic rings. The maximum Gasteiger partial charge on any atom is 0.266 e. The normalized spacial score (nSPS) is 10.8. The molecular formula is C16H10F2N2O. The molecule has 2 aromatic carbocycles. The lowest BCUT2D eigenvalue weighted by Gasteiger charge is -2.05. The van der Waals surface area contributed by atoms with Crippen LogP contribution >= 0.6 is 0 Å². The summed E-state index contributed by atoms with van der Waals surface area (Å²) < 4.78 is 26.5. The number of para-hydroxylation sites is 1. The fraction of sp³-hybridized carbons (Fsp3) is 0. The van der Waals surface area contributed by atoms with Crippen molar-refractivity contribution in [3.05, 3.63) is 71.3 Å². The summed E-state index contributed by atoms with van der Waals surface area (Å²) in [5, 5.41) is 11.3. The van der Waals surface area contributed by atoms with Gasteiger partial charge in [0, 0.05) is 0 Å². The van der Waals surface area contributed by atoms with Gasteiger partial charge in [-0.15, -0.1) is 0 Å². The van der Waals surface area contributed by atoms with Crippen LogP contribution < -0.4 is 5.32 Å². The van der Waals surface area contributed by atoms with E-state index in [4.69, 9.17) is 5.26 Å². The smallest absolute Gasteiger partial charge is 0.266 e. The first kappa shape index (κ1) is 14.4. The minimum absolute atomic E-state index is 0.0251. The van der Waals surface area contributed by atoms with Crippen molar-refractivity contribution in [1.82, 2.24) is 0 Å². The van der Waals surface area contributed by atoms with Crippen LogP contribution in [0, 0.1) is 23.0 Å². The van der Waals surface area contributed by atoms with Crippen LogP contribution in [0.1, 0.15) is 5.56 Å². The molecule has 104 valence electrons. The number of hydrogen-bond acceptors (Lipinski definition) is 2. The topological polar surface area (TPSA) is 52.9 Å². The molecule has 3 nitrogen and oxygen atoms in total. The van der Waals surface area contributed by atoms with Gasteiger partial charge in [-0.3, -0.25) is 4.79 Å². The van der Waals surface area contributed by atoms with Crippen LogP contribution in [0.2, 0.25) is 0 Å². The number of hydrogen-bond donors (Lipinski definition) is 1. The summed E-state index contributed by atoms with van der Waals surface area (Å²) in [4.78, 5) is 11.9. The van der Waals surface area contributed by atoms with Crippen LogP contribution in [0.15, 0.2) is 54.1 Å². The number of anilines is 1. The third kappa shape index (κ3) is 3.74. The monoisotopic (exact) mass is 284 g/mol. The predicted molar refractivity (Wildman–Crippen MR) is 75.0 cm³/mol. The summed E-state index contributed by atoms with van der Waals surface area (Å²) in [6.07, 6.45) is 1.24. The Bertz CT molecular complexity index is 748. The van der Waals surface area contributed by atoms with Gasteiger partial charge in [0.2, 0.25) is 0 Å². The predicted octanol–water partition coefficient (Wildman–Crippen LogP) is 3.51. The highest BCUT2D eigenvalue weighted by Gasteiger charge is 2.11. The van der Waals surface area contributed by atoms with Crippen molar-refractivity contribution >= 4 is 17.7 Å². The van der Waals surface area contributed by atoms with E-state index in [1.807, 2.05) is 0 Å². The Morgan fingerprint density at radius 2 is 1.90 bits per heavy atom. The number of nitrogens with zero attached hydrogens (tertiary/aromatic N) is 1. The zero-order valence-corrected chi connectivity index (χ0v) is 10.8. The first-order valence-electron chi connectivity index (χ1n) is 6.03. The summed E-state index contributed by atoms with van der Waals surface area (Å²) >= 11 is 0. The summed E-state index contributed by atoms with van der Waals surface area (Å²) in [6.45, 7) is 0. The number of halogens is 2. The van der Waals surface area contributed by atoms with E-state index in [2.05, 4.69) is 5.32 Å². The van der Waals surface area contributed by atoms with Gasteiger partial charge < -0.3 is 5.32 Å². The van der Waals surface area contributed by atoms with Gasteiger partial charge in [-0.05, 0) is 35.9 Å². The molecule has 0 radical (unpaired) electrons. The fourth-order valence-electron chi connectivity index (χ4n) is 1.66. The summed E-state index contributed by atoms with van der Waals surface area (Å²) in [5.74, 6) is -1.84. The number of carbonyl (C=O) groups excluding carboxylic acids is 1. The zero-order chi connectivity index (χ0) is 15.2. The number of nitriles is 1. The molecule has 5 heteroatoms. The molecule has 0 saturated carbocycles. The van der Waals surface area contributed by atoms with Gasteiger partial charge >= 0.3 is 0 Å². The maximum atomic E-state index is 13.4. The Kier molecular flexibility index (Phi) is 4.42. The van der Waals surface area contributed by atoms with Crippen LogP contribution in [0.25, 0.3) is 6.08 Å². The summed E-state index contributed by atoms with van der Waals surface area (Å²) in [7, 11) is 0. The second kappa shape index (κ2) is 6.44. The summed E-state index contributed by atoms with van der Waals surface area (Å²) in [5.41, 5.74) is 0.0991. The molecule has 0 aliphatic heterocycles. The van der Waals surface area contributed by atoms with Crippen LogP contribution in [-0.4, -0.2) is 5.91 Å². The molecule has 1 amide bonds. The van der Waals surface area contributed by atoms with E-state index >= 15 is 0 Å². The molecule has 0 unspecified atom stereocenters. The molecule has 0 fully saturated rings. The molecule has 21 heavy (non-hydrogen) atoms. The maximum absolute atomic E-state index is 13.4. The second-order valence-electron chi connectivity index (χ2n) is 4.16. The van der Waals surface area contributed by atoms with E-state index in [1.165, 1.54) is 42.5 Å². The molecule has 0 atom stereocenters. The Morgan fingerprint density at radius 3 is 2.57 bits per heavy atom. The van der Waals surface area contributed by atoms with Gasteiger partial charge in [0.05, 0.1) is 5.69 Å². The fourth-order valence-corrected chi connectivity index (χ4v) is 1.66. The van der Waals surface area contributed by atoms with E-state index in [0.717, 1.165) is 0 Å². The van der Waals surface area contributed by atoms with Crippen LogP contribution in [0.3, 0.4) is 0 Å². The van der Waals surface area contributed by atoms with Crippen molar-refractivity contribution in [2.75, 3.05) is 5.32 Å². The third-order valence-corrected chi connectivity index (χ3v) is 2.65. The molecule has 0 spiro atoms. The summed E-state index contributed by atoms with van der Waals surface area (Å²) in [6, 6.07) is 12.8. The molecule has 2 rings (SSSR count). The second-order valence-corrected chi connectivity index (χ2v) is 4.16. The van der Waals surface area contributed by atoms with Crippen LogP contribution in [0.4, 0.5) is 14.5 Å². The van der Waals surface area contributed by atoms with Gasteiger partial charge in [0.15, 0.2) is 0 Å². The highest BCUT2D eigenvalue weighted by Crippen LogP contribution is 2.15. The third-order valence-electron chi connectivity index (χ3n) is 2.65. The lowest BCUT2D eigenvalue weighted by Crippen LogP contribution is -2.14. The quantitative estimate of drug-likeness (QED) is 0.692. The lowest BCUT2D eigenvalue weighted by atomic mass is 10.1. The minimum Gasteiger partial charge on any atom is -0.319 e. The first-order chi connectivity index (χ1) is 10.1. The van der Waals surface area contributed by atoms with Crippen molar-refractivity contribution in [2.45, 2.75) is 0 Å². The van der Waals surface area contributed by atoms with E-state index in [9.17, 15) is 13.6 Å². The Labute approximate surface area is 120 Å². The Morgan fingerprint density at radius 1 is 1.14 bits per heavy atom. The van der Waals surface area contributed by atoms with Crippen molar-refractivity contribution in [3.63, 3.8) is 0 Å².